The van der Waals surface area contributed by atoms with Crippen molar-refractivity contribution in [1.82, 2.24) is 15.6 Å². The van der Waals surface area contributed by atoms with Crippen molar-refractivity contribution in [1.29, 1.82) is 0 Å². The van der Waals surface area contributed by atoms with Crippen molar-refractivity contribution >= 4 is 41.3 Å². The minimum atomic E-state index is 0. The first-order chi connectivity index (χ1) is 10.7. The van der Waals surface area contributed by atoms with Crippen LogP contribution in [0.3, 0.4) is 0 Å². The quantitative estimate of drug-likeness (QED) is 0.292. The van der Waals surface area contributed by atoms with Crippen molar-refractivity contribution in [2.75, 3.05) is 13.6 Å². The average Bonchev–Trinajstić information content (AvgIpc) is 2.85. The second-order valence-electron chi connectivity index (χ2n) is 6.24. The maximum Gasteiger partial charge on any atom is 0.191 e. The fourth-order valence-corrected chi connectivity index (χ4v) is 4.07. The molecule has 1 aromatic rings. The molecule has 0 bridgehead atoms. The van der Waals surface area contributed by atoms with Crippen LogP contribution in [0, 0.1) is 19.8 Å². The number of aryl methyl sites for hydroxylation is 2. The molecule has 0 unspecified atom stereocenters. The van der Waals surface area contributed by atoms with E-state index in [0.717, 1.165) is 35.7 Å². The van der Waals surface area contributed by atoms with Gasteiger partial charge in [-0.25, -0.2) is 4.98 Å². The van der Waals surface area contributed by atoms with Crippen LogP contribution in [0.2, 0.25) is 0 Å². The molecule has 132 valence electrons. The third-order valence-electron chi connectivity index (χ3n) is 4.45. The molecule has 1 aromatic heterocycles. The molecule has 2 rings (SSSR count). The van der Waals surface area contributed by atoms with Gasteiger partial charge in [-0.3, -0.25) is 4.99 Å². The molecule has 1 heterocycles. The summed E-state index contributed by atoms with van der Waals surface area (Å²) in [6.45, 7) is 5.94. The second-order valence-corrected chi connectivity index (χ2v) is 7.53. The van der Waals surface area contributed by atoms with Gasteiger partial charge in [0.2, 0.25) is 0 Å². The van der Waals surface area contributed by atoms with E-state index in [1.807, 2.05) is 7.05 Å². The Labute approximate surface area is 162 Å². The SMILES string of the molecule is CN=C(NCCCC1CCCCC1)NCc1sc(C)nc1C.I. The van der Waals surface area contributed by atoms with E-state index in [1.54, 1.807) is 11.3 Å². The normalized spacial score (nSPS) is 16.0. The van der Waals surface area contributed by atoms with Crippen LogP contribution in [-0.4, -0.2) is 24.5 Å². The van der Waals surface area contributed by atoms with Gasteiger partial charge in [-0.15, -0.1) is 35.3 Å². The van der Waals surface area contributed by atoms with Gasteiger partial charge in [0.25, 0.3) is 0 Å². The molecule has 0 aromatic carbocycles. The third-order valence-corrected chi connectivity index (χ3v) is 5.52. The number of guanidine groups is 1. The number of hydrogen-bond acceptors (Lipinski definition) is 3. The topological polar surface area (TPSA) is 49.3 Å². The van der Waals surface area contributed by atoms with Crippen LogP contribution in [0.25, 0.3) is 0 Å². The summed E-state index contributed by atoms with van der Waals surface area (Å²) in [6, 6.07) is 0. The van der Waals surface area contributed by atoms with Crippen molar-refractivity contribution in [3.8, 4) is 0 Å². The molecule has 0 amide bonds. The van der Waals surface area contributed by atoms with Gasteiger partial charge in [-0.1, -0.05) is 32.1 Å². The Morgan fingerprint density at radius 1 is 1.22 bits per heavy atom. The molecule has 0 radical (unpaired) electrons. The van der Waals surface area contributed by atoms with Crippen LogP contribution >= 0.6 is 35.3 Å². The Morgan fingerprint density at radius 2 is 1.96 bits per heavy atom. The Balaban J connectivity index is 0.00000264. The lowest BCUT2D eigenvalue weighted by Crippen LogP contribution is -2.37. The molecule has 6 heteroatoms. The van der Waals surface area contributed by atoms with Gasteiger partial charge >= 0.3 is 0 Å². The van der Waals surface area contributed by atoms with Crippen LogP contribution in [0.15, 0.2) is 4.99 Å². The molecule has 23 heavy (non-hydrogen) atoms. The fourth-order valence-electron chi connectivity index (χ4n) is 3.20. The average molecular weight is 450 g/mol. The summed E-state index contributed by atoms with van der Waals surface area (Å²) >= 11 is 1.76. The number of hydrogen-bond donors (Lipinski definition) is 2. The van der Waals surface area contributed by atoms with Gasteiger partial charge in [0.05, 0.1) is 17.2 Å². The molecule has 0 aliphatic heterocycles. The summed E-state index contributed by atoms with van der Waals surface area (Å²) in [6.07, 6.45) is 9.81. The monoisotopic (exact) mass is 450 g/mol. The Hall–Kier alpha value is -0.370. The summed E-state index contributed by atoms with van der Waals surface area (Å²) in [4.78, 5) is 10.1. The molecule has 4 nitrogen and oxygen atoms in total. The molecule has 2 N–H and O–H groups in total. The van der Waals surface area contributed by atoms with E-state index >= 15 is 0 Å². The van der Waals surface area contributed by atoms with E-state index in [4.69, 9.17) is 0 Å². The van der Waals surface area contributed by atoms with Gasteiger partial charge in [0.15, 0.2) is 5.96 Å². The van der Waals surface area contributed by atoms with Gasteiger partial charge in [-0.2, -0.15) is 0 Å². The van der Waals surface area contributed by atoms with Crippen LogP contribution in [0.5, 0.6) is 0 Å². The zero-order chi connectivity index (χ0) is 15.8. The largest absolute Gasteiger partial charge is 0.356 e. The molecule has 1 aliphatic rings. The van der Waals surface area contributed by atoms with E-state index < -0.39 is 0 Å². The van der Waals surface area contributed by atoms with Crippen molar-refractivity contribution < 1.29 is 0 Å². The maximum atomic E-state index is 4.46. The standard InChI is InChI=1S/C17H30N4S.HI/c1-13-16(22-14(2)21-13)12-20-17(18-3)19-11-7-10-15-8-5-4-6-9-15;/h15H,4-12H2,1-3H3,(H2,18,19,20);1H. The first-order valence-corrected chi connectivity index (χ1v) is 9.38. The van der Waals surface area contributed by atoms with Gasteiger partial charge in [0, 0.05) is 18.5 Å². The van der Waals surface area contributed by atoms with E-state index in [2.05, 4.69) is 34.5 Å². The highest BCUT2D eigenvalue weighted by atomic mass is 127. The lowest BCUT2D eigenvalue weighted by Gasteiger charge is -2.21. The summed E-state index contributed by atoms with van der Waals surface area (Å²) in [5.74, 6) is 1.86. The molecule has 1 fully saturated rings. The summed E-state index contributed by atoms with van der Waals surface area (Å²) in [5, 5.41) is 7.95. The van der Waals surface area contributed by atoms with Crippen molar-refractivity contribution in [3.05, 3.63) is 15.6 Å². The lowest BCUT2D eigenvalue weighted by atomic mass is 9.86. The molecule has 0 saturated heterocycles. The van der Waals surface area contributed by atoms with Gasteiger partial charge in [-0.05, 0) is 32.6 Å². The van der Waals surface area contributed by atoms with Crippen LogP contribution in [0.4, 0.5) is 0 Å². The number of nitrogens with one attached hydrogen (secondary N) is 2. The Bertz CT molecular complexity index is 481. The number of aromatic nitrogens is 1. The number of aliphatic imine (C=N–C) groups is 1. The fraction of sp³-hybridized carbons (Fsp3) is 0.765. The first kappa shape index (κ1) is 20.7. The zero-order valence-electron chi connectivity index (χ0n) is 14.7. The minimum absolute atomic E-state index is 0. The smallest absolute Gasteiger partial charge is 0.191 e. The van der Waals surface area contributed by atoms with Crippen molar-refractivity contribution in [3.63, 3.8) is 0 Å². The van der Waals surface area contributed by atoms with Crippen LogP contribution in [-0.2, 0) is 6.54 Å². The van der Waals surface area contributed by atoms with Gasteiger partial charge in [0.1, 0.15) is 0 Å². The van der Waals surface area contributed by atoms with Crippen molar-refractivity contribution in [2.24, 2.45) is 10.9 Å². The molecule has 0 spiro atoms. The number of nitrogens with zero attached hydrogens (tertiary/aromatic N) is 2. The van der Waals surface area contributed by atoms with E-state index in [1.165, 1.54) is 49.8 Å². The Morgan fingerprint density at radius 3 is 2.57 bits per heavy atom. The highest BCUT2D eigenvalue weighted by Gasteiger charge is 2.12. The molecule has 1 saturated carbocycles. The predicted molar refractivity (Wildman–Crippen MR) is 111 cm³/mol. The van der Waals surface area contributed by atoms with E-state index in [0.29, 0.717) is 0 Å². The molecule has 0 atom stereocenters. The molecular formula is C17H31IN4S. The summed E-state index contributed by atoms with van der Waals surface area (Å²) < 4.78 is 0. The summed E-state index contributed by atoms with van der Waals surface area (Å²) in [5.41, 5.74) is 1.13. The lowest BCUT2D eigenvalue weighted by molar-refractivity contribution is 0.332. The highest BCUT2D eigenvalue weighted by molar-refractivity contribution is 14.0. The van der Waals surface area contributed by atoms with Crippen LogP contribution in [0.1, 0.15) is 60.5 Å². The maximum absolute atomic E-state index is 4.46. The van der Waals surface area contributed by atoms with Crippen LogP contribution < -0.4 is 10.6 Å². The minimum Gasteiger partial charge on any atom is -0.356 e. The van der Waals surface area contributed by atoms with E-state index in [9.17, 15) is 0 Å². The van der Waals surface area contributed by atoms with Gasteiger partial charge < -0.3 is 10.6 Å². The Kier molecular flexibility index (Phi) is 10.1. The molecular weight excluding hydrogens is 419 g/mol. The number of halogens is 1. The predicted octanol–water partition coefficient (Wildman–Crippen LogP) is 4.40. The summed E-state index contributed by atoms with van der Waals surface area (Å²) in [7, 11) is 1.83. The van der Waals surface area contributed by atoms with Crippen molar-refractivity contribution in [2.45, 2.75) is 65.3 Å². The molecule has 1 aliphatic carbocycles. The third kappa shape index (κ3) is 7.37. The number of rotatable bonds is 6. The number of thiazole rings is 1. The first-order valence-electron chi connectivity index (χ1n) is 8.56. The highest BCUT2D eigenvalue weighted by Crippen LogP contribution is 2.26. The van der Waals surface area contributed by atoms with E-state index in [-0.39, 0.29) is 24.0 Å². The zero-order valence-corrected chi connectivity index (χ0v) is 17.8. The second kappa shape index (κ2) is 11.2.